The molecule has 1 aromatic rings. The van der Waals surface area contributed by atoms with Gasteiger partial charge in [0.1, 0.15) is 6.29 Å². The van der Waals surface area contributed by atoms with Crippen LogP contribution in [-0.4, -0.2) is 26.5 Å². The molecule has 0 unspecified atom stereocenters. The molecule has 2 amide bonds. The average Bonchev–Trinajstić information content (AvgIpc) is 2.37. The Kier molecular flexibility index (Phi) is 5.15. The summed E-state index contributed by atoms with van der Waals surface area (Å²) in [5.74, 6) is 0. The highest BCUT2D eigenvalue weighted by Crippen LogP contribution is 2.44. The van der Waals surface area contributed by atoms with Gasteiger partial charge >= 0.3 is 13.6 Å². The summed E-state index contributed by atoms with van der Waals surface area (Å²) < 4.78 is 21.0. The van der Waals surface area contributed by atoms with E-state index in [2.05, 4.69) is 19.7 Å². The molecule has 7 heteroatoms. The van der Waals surface area contributed by atoms with E-state index in [1.54, 1.807) is 24.3 Å². The molecule has 6 nitrogen and oxygen atoms in total. The zero-order chi connectivity index (χ0) is 12.7. The molecule has 0 spiro atoms. The van der Waals surface area contributed by atoms with E-state index in [4.69, 9.17) is 0 Å². The lowest BCUT2D eigenvalue weighted by molar-refractivity contribution is 0.248. The van der Waals surface area contributed by atoms with Gasteiger partial charge in [0.2, 0.25) is 0 Å². The molecule has 0 saturated heterocycles. The van der Waals surface area contributed by atoms with Gasteiger partial charge in [0.15, 0.2) is 0 Å². The van der Waals surface area contributed by atoms with Crippen LogP contribution < -0.4 is 10.6 Å². The SMILES string of the molecule is COP(=O)(CNC(=O)Nc1ccccc1)OC. The Labute approximate surface area is 99.8 Å². The van der Waals surface area contributed by atoms with Crippen LogP contribution in [0.15, 0.2) is 30.3 Å². The zero-order valence-electron chi connectivity index (χ0n) is 9.67. The lowest BCUT2D eigenvalue weighted by Gasteiger charge is -2.14. The number of nitrogens with one attached hydrogen (secondary N) is 2. The summed E-state index contributed by atoms with van der Waals surface area (Å²) in [5.41, 5.74) is 0.648. The number of hydrogen-bond donors (Lipinski definition) is 2. The lowest BCUT2D eigenvalue weighted by Crippen LogP contribution is -2.29. The first-order valence-electron chi connectivity index (χ1n) is 4.90. The minimum absolute atomic E-state index is 0.182. The van der Waals surface area contributed by atoms with Crippen molar-refractivity contribution in [3.05, 3.63) is 30.3 Å². The summed E-state index contributed by atoms with van der Waals surface area (Å²) >= 11 is 0. The van der Waals surface area contributed by atoms with Gasteiger partial charge < -0.3 is 19.7 Å². The molecule has 2 N–H and O–H groups in total. The van der Waals surface area contributed by atoms with E-state index in [-0.39, 0.29) is 6.29 Å². The summed E-state index contributed by atoms with van der Waals surface area (Å²) in [6.07, 6.45) is -0.182. The number of para-hydroxylation sites is 1. The van der Waals surface area contributed by atoms with Gasteiger partial charge in [-0.3, -0.25) is 4.57 Å². The Hall–Kier alpha value is -1.36. The maximum absolute atomic E-state index is 11.6. The van der Waals surface area contributed by atoms with Gasteiger partial charge in [0.05, 0.1) is 0 Å². The predicted molar refractivity (Wildman–Crippen MR) is 65.1 cm³/mol. The second kappa shape index (κ2) is 6.39. The zero-order valence-corrected chi connectivity index (χ0v) is 10.6. The maximum Gasteiger partial charge on any atom is 0.349 e. The van der Waals surface area contributed by atoms with Crippen LogP contribution in [0.3, 0.4) is 0 Å². The molecule has 0 aliphatic heterocycles. The molecule has 1 rings (SSSR count). The first kappa shape index (κ1) is 13.7. The van der Waals surface area contributed by atoms with E-state index in [1.165, 1.54) is 14.2 Å². The minimum atomic E-state index is -3.21. The Morgan fingerprint density at radius 3 is 2.35 bits per heavy atom. The third kappa shape index (κ3) is 4.56. The van der Waals surface area contributed by atoms with Crippen molar-refractivity contribution in [2.45, 2.75) is 0 Å². The van der Waals surface area contributed by atoms with E-state index < -0.39 is 13.6 Å². The quantitative estimate of drug-likeness (QED) is 0.794. The number of carbonyl (C=O) groups excluding carboxylic acids is 1. The van der Waals surface area contributed by atoms with Crippen LogP contribution in [0, 0.1) is 0 Å². The van der Waals surface area contributed by atoms with E-state index in [9.17, 15) is 9.36 Å². The van der Waals surface area contributed by atoms with Crippen molar-refractivity contribution >= 4 is 19.3 Å². The van der Waals surface area contributed by atoms with Crippen molar-refractivity contribution in [3.63, 3.8) is 0 Å². The average molecular weight is 258 g/mol. The van der Waals surface area contributed by atoms with Crippen LogP contribution in [0.4, 0.5) is 10.5 Å². The van der Waals surface area contributed by atoms with Crippen LogP contribution in [0.1, 0.15) is 0 Å². The number of urea groups is 1. The Balaban J connectivity index is 2.43. The van der Waals surface area contributed by atoms with Gasteiger partial charge in [-0.2, -0.15) is 0 Å². The molecule has 0 heterocycles. The smallest absolute Gasteiger partial charge is 0.326 e. The number of amides is 2. The fraction of sp³-hybridized carbons (Fsp3) is 0.300. The van der Waals surface area contributed by atoms with Crippen molar-refractivity contribution < 1.29 is 18.4 Å². The molecular formula is C10H15N2O4P. The van der Waals surface area contributed by atoms with E-state index in [0.29, 0.717) is 5.69 Å². The molecule has 0 aliphatic rings. The molecule has 0 aliphatic carbocycles. The fourth-order valence-corrected chi connectivity index (χ4v) is 1.81. The van der Waals surface area contributed by atoms with Crippen molar-refractivity contribution in [2.75, 3.05) is 25.8 Å². The first-order valence-corrected chi connectivity index (χ1v) is 6.63. The Bertz CT molecular complexity index is 402. The summed E-state index contributed by atoms with van der Waals surface area (Å²) in [4.78, 5) is 11.4. The van der Waals surface area contributed by atoms with Crippen molar-refractivity contribution in [2.24, 2.45) is 0 Å². The van der Waals surface area contributed by atoms with Gasteiger partial charge in [-0.15, -0.1) is 0 Å². The third-order valence-electron chi connectivity index (χ3n) is 2.02. The molecule has 17 heavy (non-hydrogen) atoms. The van der Waals surface area contributed by atoms with Gasteiger partial charge in [-0.25, -0.2) is 4.79 Å². The van der Waals surface area contributed by atoms with E-state index in [1.807, 2.05) is 6.07 Å². The van der Waals surface area contributed by atoms with Crippen LogP contribution in [0.2, 0.25) is 0 Å². The van der Waals surface area contributed by atoms with Gasteiger partial charge in [0.25, 0.3) is 0 Å². The molecule has 0 bridgehead atoms. The lowest BCUT2D eigenvalue weighted by atomic mass is 10.3. The van der Waals surface area contributed by atoms with Gasteiger partial charge in [0, 0.05) is 19.9 Å². The number of carbonyl (C=O) groups is 1. The number of anilines is 1. The minimum Gasteiger partial charge on any atom is -0.326 e. The topological polar surface area (TPSA) is 76.7 Å². The Morgan fingerprint density at radius 2 is 1.82 bits per heavy atom. The largest absolute Gasteiger partial charge is 0.349 e. The summed E-state index contributed by atoms with van der Waals surface area (Å²) in [6, 6.07) is 8.45. The number of rotatable bonds is 5. The van der Waals surface area contributed by atoms with Crippen LogP contribution in [0.25, 0.3) is 0 Å². The molecule has 0 radical (unpaired) electrons. The Morgan fingerprint density at radius 1 is 1.24 bits per heavy atom. The number of benzene rings is 1. The summed E-state index contributed by atoms with van der Waals surface area (Å²) in [7, 11) is -0.682. The maximum atomic E-state index is 11.6. The van der Waals surface area contributed by atoms with Gasteiger partial charge in [-0.05, 0) is 12.1 Å². The third-order valence-corrected chi connectivity index (χ3v) is 3.68. The predicted octanol–water partition coefficient (Wildman–Crippen LogP) is 2.25. The molecule has 0 atom stereocenters. The highest BCUT2D eigenvalue weighted by molar-refractivity contribution is 7.53. The molecule has 0 fully saturated rings. The highest BCUT2D eigenvalue weighted by atomic mass is 31.2. The van der Waals surface area contributed by atoms with E-state index in [0.717, 1.165) is 0 Å². The monoisotopic (exact) mass is 258 g/mol. The fourth-order valence-electron chi connectivity index (χ4n) is 1.07. The highest BCUT2D eigenvalue weighted by Gasteiger charge is 2.21. The van der Waals surface area contributed by atoms with Gasteiger partial charge in [-0.1, -0.05) is 18.2 Å². The molecule has 0 saturated carbocycles. The molecule has 94 valence electrons. The van der Waals surface area contributed by atoms with Crippen LogP contribution in [0.5, 0.6) is 0 Å². The van der Waals surface area contributed by atoms with E-state index >= 15 is 0 Å². The summed E-state index contributed by atoms with van der Waals surface area (Å²) in [6.45, 7) is 0. The normalized spacial score (nSPS) is 10.9. The molecule has 0 aromatic heterocycles. The standard InChI is InChI=1S/C10H15N2O4P/c1-15-17(14,16-2)8-11-10(13)12-9-6-4-3-5-7-9/h3-7H,8H2,1-2H3,(H2,11,12,13). The van der Waals surface area contributed by atoms with Crippen LogP contribution >= 0.6 is 7.60 Å². The second-order valence-corrected chi connectivity index (χ2v) is 5.40. The number of hydrogen-bond acceptors (Lipinski definition) is 4. The molecule has 1 aromatic carbocycles. The van der Waals surface area contributed by atoms with Crippen molar-refractivity contribution in [1.82, 2.24) is 5.32 Å². The van der Waals surface area contributed by atoms with Crippen molar-refractivity contribution in [1.29, 1.82) is 0 Å². The second-order valence-electron chi connectivity index (χ2n) is 3.13. The summed E-state index contributed by atoms with van der Waals surface area (Å²) in [5, 5.41) is 4.99. The molecular weight excluding hydrogens is 243 g/mol. The van der Waals surface area contributed by atoms with Crippen molar-refractivity contribution in [3.8, 4) is 0 Å². The first-order chi connectivity index (χ1) is 8.09. The van der Waals surface area contributed by atoms with Crippen LogP contribution in [-0.2, 0) is 13.6 Å².